The largest absolute Gasteiger partial charge is 0.383 e. The number of aliphatic imine (C=N–C) groups is 1. The van der Waals surface area contributed by atoms with Crippen molar-refractivity contribution in [2.75, 3.05) is 5.32 Å². The molecule has 0 aliphatic heterocycles. The van der Waals surface area contributed by atoms with Gasteiger partial charge in [-0.2, -0.15) is 10.1 Å². The molecule has 1 aromatic carbocycles. The van der Waals surface area contributed by atoms with Gasteiger partial charge >= 0.3 is 0 Å². The van der Waals surface area contributed by atoms with E-state index in [1.54, 1.807) is 22.8 Å². The highest BCUT2D eigenvalue weighted by Gasteiger charge is 2.13. The fourth-order valence-electron chi connectivity index (χ4n) is 2.56. The number of carbonyl (C=O) groups excluding carboxylic acids is 2. The van der Waals surface area contributed by atoms with Gasteiger partial charge in [0, 0.05) is 23.0 Å². The number of aromatic nitrogens is 3. The van der Waals surface area contributed by atoms with E-state index in [0.717, 1.165) is 23.1 Å². The Hall–Kier alpha value is -3.55. The number of amidine groups is 1. The Balaban J connectivity index is 2.09. The monoisotopic (exact) mass is 336 g/mol. The van der Waals surface area contributed by atoms with Crippen LogP contribution in [0.1, 0.15) is 27.0 Å². The number of hydrogen-bond donors (Lipinski definition) is 2. The van der Waals surface area contributed by atoms with Crippen molar-refractivity contribution < 1.29 is 9.59 Å². The number of nitrogens with one attached hydrogen (secondary N) is 1. The van der Waals surface area contributed by atoms with Crippen LogP contribution in [0.15, 0.2) is 35.7 Å². The molecule has 8 heteroatoms. The van der Waals surface area contributed by atoms with E-state index in [1.807, 2.05) is 19.9 Å². The lowest BCUT2D eigenvalue weighted by molar-refractivity contribution is -0.106. The number of amides is 1. The molecule has 25 heavy (non-hydrogen) atoms. The first kappa shape index (κ1) is 16.3. The highest BCUT2D eigenvalue weighted by atomic mass is 16.1. The van der Waals surface area contributed by atoms with E-state index in [-0.39, 0.29) is 5.84 Å². The van der Waals surface area contributed by atoms with E-state index in [0.29, 0.717) is 28.9 Å². The van der Waals surface area contributed by atoms with Gasteiger partial charge in [-0.15, -0.1) is 0 Å². The molecule has 0 saturated carbocycles. The Kier molecular flexibility index (Phi) is 4.25. The number of nitrogens with two attached hydrogens (primary N) is 1. The van der Waals surface area contributed by atoms with Crippen LogP contribution >= 0.6 is 0 Å². The third-order valence-corrected chi connectivity index (χ3v) is 3.97. The molecule has 0 aliphatic rings. The molecule has 0 spiro atoms. The van der Waals surface area contributed by atoms with Gasteiger partial charge in [0.15, 0.2) is 12.1 Å². The van der Waals surface area contributed by atoms with Gasteiger partial charge in [0.2, 0.25) is 6.41 Å². The summed E-state index contributed by atoms with van der Waals surface area (Å²) in [6.45, 7) is 3.77. The highest BCUT2D eigenvalue weighted by molar-refractivity contribution is 6.01. The summed E-state index contributed by atoms with van der Waals surface area (Å²) in [5, 5.41) is 7.38. The number of fused-ring (bicyclic) bond motifs is 1. The molecule has 0 unspecified atom stereocenters. The van der Waals surface area contributed by atoms with E-state index < -0.39 is 0 Å². The lowest BCUT2D eigenvalue weighted by Gasteiger charge is -2.12. The third-order valence-electron chi connectivity index (χ3n) is 3.97. The maximum Gasteiger partial charge on any atom is 0.234 e. The predicted octanol–water partition coefficient (Wildman–Crippen LogP) is 1.76. The zero-order valence-electron chi connectivity index (χ0n) is 13.7. The topological polar surface area (TPSA) is 115 Å². The van der Waals surface area contributed by atoms with Gasteiger partial charge in [-0.3, -0.25) is 9.59 Å². The smallest absolute Gasteiger partial charge is 0.234 e. The van der Waals surface area contributed by atoms with Crippen molar-refractivity contribution >= 4 is 35.6 Å². The number of benzene rings is 1. The van der Waals surface area contributed by atoms with E-state index in [4.69, 9.17) is 5.73 Å². The Morgan fingerprint density at radius 2 is 2.12 bits per heavy atom. The van der Waals surface area contributed by atoms with E-state index in [1.165, 1.54) is 6.33 Å². The average Bonchev–Trinajstić information content (AvgIpc) is 2.94. The van der Waals surface area contributed by atoms with E-state index in [2.05, 4.69) is 20.4 Å². The fraction of sp³-hybridized carbons (Fsp3) is 0.118. The lowest BCUT2D eigenvalue weighted by atomic mass is 10.1. The van der Waals surface area contributed by atoms with Gasteiger partial charge in [-0.25, -0.2) is 9.50 Å². The molecule has 2 aromatic heterocycles. The van der Waals surface area contributed by atoms with Crippen molar-refractivity contribution in [3.05, 3.63) is 53.0 Å². The van der Waals surface area contributed by atoms with Gasteiger partial charge < -0.3 is 11.1 Å². The zero-order valence-corrected chi connectivity index (χ0v) is 13.7. The Morgan fingerprint density at radius 3 is 2.84 bits per heavy atom. The predicted molar refractivity (Wildman–Crippen MR) is 94.4 cm³/mol. The molecular formula is C17H16N6O2. The molecule has 1 amide bonds. The highest BCUT2D eigenvalue weighted by Crippen LogP contribution is 2.26. The molecule has 8 nitrogen and oxygen atoms in total. The van der Waals surface area contributed by atoms with Gasteiger partial charge in [0.25, 0.3) is 0 Å². The first-order valence-electron chi connectivity index (χ1n) is 7.48. The minimum atomic E-state index is 0.132. The van der Waals surface area contributed by atoms with Crippen molar-refractivity contribution in [3.8, 4) is 0 Å². The van der Waals surface area contributed by atoms with Crippen LogP contribution in [0.2, 0.25) is 0 Å². The second-order valence-corrected chi connectivity index (χ2v) is 5.50. The van der Waals surface area contributed by atoms with Crippen molar-refractivity contribution in [3.63, 3.8) is 0 Å². The number of nitrogens with zero attached hydrogens (tertiary/aromatic N) is 4. The van der Waals surface area contributed by atoms with Crippen molar-refractivity contribution in [2.45, 2.75) is 13.8 Å². The molecule has 0 aliphatic carbocycles. The SMILES string of the molecule is Cc1ccc(C(N)=NC=O)cc1Nc1ncnn2cc(C=O)c(C)c12. The van der Waals surface area contributed by atoms with Crippen LogP contribution in [0.4, 0.5) is 11.5 Å². The molecule has 126 valence electrons. The normalized spacial score (nSPS) is 11.5. The molecule has 3 aromatic rings. The second-order valence-electron chi connectivity index (χ2n) is 5.50. The summed E-state index contributed by atoms with van der Waals surface area (Å²) in [6.07, 6.45) is 4.25. The minimum absolute atomic E-state index is 0.132. The average molecular weight is 336 g/mol. The first-order valence-corrected chi connectivity index (χ1v) is 7.48. The summed E-state index contributed by atoms with van der Waals surface area (Å²) in [5.74, 6) is 0.694. The number of aryl methyl sites for hydroxylation is 2. The van der Waals surface area contributed by atoms with Crippen molar-refractivity contribution in [1.82, 2.24) is 14.6 Å². The molecule has 3 N–H and O–H groups in total. The zero-order chi connectivity index (χ0) is 18.0. The van der Waals surface area contributed by atoms with Gasteiger partial charge in [0.1, 0.15) is 17.7 Å². The third kappa shape index (κ3) is 2.97. The number of anilines is 2. The van der Waals surface area contributed by atoms with Crippen LogP contribution < -0.4 is 11.1 Å². The van der Waals surface area contributed by atoms with Crippen LogP contribution in [0, 0.1) is 13.8 Å². The molecular weight excluding hydrogens is 320 g/mol. The first-order chi connectivity index (χ1) is 12.0. The number of hydrogen-bond acceptors (Lipinski definition) is 5. The number of carbonyl (C=O) groups is 2. The van der Waals surface area contributed by atoms with Crippen molar-refractivity contribution in [1.29, 1.82) is 0 Å². The number of rotatable bonds is 5. The standard InChI is InChI=1S/C17H16N6O2/c1-10-3-4-12(16(18)20-9-25)5-14(10)22-17-15-11(2)13(7-24)6-23(15)21-8-19-17/h3-9H,1-2H3,(H2,18,20,25)(H,19,21,22). The van der Waals surface area contributed by atoms with E-state index in [9.17, 15) is 9.59 Å². The molecule has 2 heterocycles. The molecule has 3 rings (SSSR count). The molecule has 0 saturated heterocycles. The summed E-state index contributed by atoms with van der Waals surface area (Å²) in [7, 11) is 0. The van der Waals surface area contributed by atoms with Crippen molar-refractivity contribution in [2.24, 2.45) is 10.7 Å². The van der Waals surface area contributed by atoms with Crippen LogP contribution in [-0.4, -0.2) is 33.1 Å². The molecule has 0 bridgehead atoms. The summed E-state index contributed by atoms with van der Waals surface area (Å²) in [4.78, 5) is 29.5. The Bertz CT molecular complexity index is 1010. The van der Waals surface area contributed by atoms with Gasteiger partial charge in [0.05, 0.1) is 0 Å². The quantitative estimate of drug-likeness (QED) is 0.417. The number of aldehydes is 1. The van der Waals surface area contributed by atoms with Crippen LogP contribution in [0.25, 0.3) is 5.52 Å². The maximum atomic E-state index is 11.2. The van der Waals surface area contributed by atoms with Gasteiger partial charge in [-0.05, 0) is 31.0 Å². The molecule has 0 atom stereocenters. The minimum Gasteiger partial charge on any atom is -0.383 e. The van der Waals surface area contributed by atoms with Gasteiger partial charge in [-0.1, -0.05) is 12.1 Å². The van der Waals surface area contributed by atoms with Crippen LogP contribution in [0.3, 0.4) is 0 Å². The second kappa shape index (κ2) is 6.52. The summed E-state index contributed by atoms with van der Waals surface area (Å²) in [5.41, 5.74) is 10.2. The lowest BCUT2D eigenvalue weighted by Crippen LogP contribution is -2.14. The Labute approximate surface area is 143 Å². The fourth-order valence-corrected chi connectivity index (χ4v) is 2.56. The summed E-state index contributed by atoms with van der Waals surface area (Å²) >= 11 is 0. The maximum absolute atomic E-state index is 11.2. The van der Waals surface area contributed by atoms with Crippen LogP contribution in [-0.2, 0) is 4.79 Å². The summed E-state index contributed by atoms with van der Waals surface area (Å²) < 4.78 is 1.61. The van der Waals surface area contributed by atoms with Crippen LogP contribution in [0.5, 0.6) is 0 Å². The Morgan fingerprint density at radius 1 is 1.32 bits per heavy atom. The summed E-state index contributed by atoms with van der Waals surface area (Å²) in [6, 6.07) is 5.44. The van der Waals surface area contributed by atoms with E-state index >= 15 is 0 Å². The molecule has 0 fully saturated rings. The molecule has 0 radical (unpaired) electrons.